The first-order chi connectivity index (χ1) is 19.0. The van der Waals surface area contributed by atoms with Crippen molar-refractivity contribution in [2.24, 2.45) is 0 Å². The van der Waals surface area contributed by atoms with Crippen molar-refractivity contribution in [3.05, 3.63) is 71.3 Å². The van der Waals surface area contributed by atoms with Crippen molar-refractivity contribution in [1.82, 2.24) is 9.55 Å². The third-order valence-electron chi connectivity index (χ3n) is 5.95. The molecule has 1 fully saturated rings. The predicted molar refractivity (Wildman–Crippen MR) is 141 cm³/mol. The molecule has 0 unspecified atom stereocenters. The molecule has 4 rings (SSSR count). The molecule has 0 spiro atoms. The number of aromatic nitrogens is 2. The third-order valence-corrected chi connectivity index (χ3v) is 8.03. The maximum Gasteiger partial charge on any atom is 0.435 e. The second-order valence-corrected chi connectivity index (χ2v) is 11.4. The number of aliphatic hydroxyl groups excluding tert-OH is 2. The van der Waals surface area contributed by atoms with E-state index in [0.717, 1.165) is 10.8 Å². The monoisotopic (exact) mass is 601 g/mol. The SMILES string of the molecule is COc1ccc(OP(=S)(OC[C@@]2(C(F)F)O[C@@H](n3ccc(N)nc3=O)[C@@H](O)[C@@H]2O)Oc2ccc(OC)cc2)cc1. The van der Waals surface area contributed by atoms with Crippen LogP contribution in [0.1, 0.15) is 6.23 Å². The summed E-state index contributed by atoms with van der Waals surface area (Å²) in [6, 6.07) is 13.5. The highest BCUT2D eigenvalue weighted by Crippen LogP contribution is 2.52. The summed E-state index contributed by atoms with van der Waals surface area (Å²) >= 11 is 5.54. The van der Waals surface area contributed by atoms with Crippen LogP contribution >= 0.6 is 6.72 Å². The number of nitrogens with two attached hydrogens (primary N) is 1. The van der Waals surface area contributed by atoms with Gasteiger partial charge in [0.25, 0.3) is 6.43 Å². The lowest BCUT2D eigenvalue weighted by atomic mass is 9.96. The van der Waals surface area contributed by atoms with E-state index in [1.807, 2.05) is 0 Å². The van der Waals surface area contributed by atoms with Gasteiger partial charge >= 0.3 is 12.4 Å². The summed E-state index contributed by atoms with van der Waals surface area (Å²) in [5, 5.41) is 21.3. The van der Waals surface area contributed by atoms with Crippen molar-refractivity contribution < 1.29 is 46.8 Å². The van der Waals surface area contributed by atoms with Gasteiger partial charge in [0.05, 0.1) is 20.8 Å². The van der Waals surface area contributed by atoms with Gasteiger partial charge in [-0.05, 0) is 54.6 Å². The van der Waals surface area contributed by atoms with Crippen molar-refractivity contribution in [1.29, 1.82) is 0 Å². The van der Waals surface area contributed by atoms with E-state index in [4.69, 9.17) is 45.3 Å². The van der Waals surface area contributed by atoms with Gasteiger partial charge < -0.3 is 39.2 Å². The van der Waals surface area contributed by atoms with Crippen LogP contribution < -0.4 is 29.9 Å². The number of hydrogen-bond donors (Lipinski definition) is 3. The summed E-state index contributed by atoms with van der Waals surface area (Å²) < 4.78 is 62.8. The maximum absolute atomic E-state index is 14.5. The normalized spacial score (nSPS) is 22.7. The highest BCUT2D eigenvalue weighted by molar-refractivity contribution is 8.07. The van der Waals surface area contributed by atoms with Crippen LogP contribution in [0.15, 0.2) is 65.6 Å². The number of ether oxygens (including phenoxy) is 3. The Morgan fingerprint density at radius 1 is 1.02 bits per heavy atom. The lowest BCUT2D eigenvalue weighted by Crippen LogP contribution is -2.52. The Morgan fingerprint density at radius 3 is 1.98 bits per heavy atom. The predicted octanol–water partition coefficient (Wildman–Crippen LogP) is 2.50. The molecule has 0 radical (unpaired) electrons. The molecule has 0 amide bonds. The van der Waals surface area contributed by atoms with E-state index in [9.17, 15) is 23.8 Å². The van der Waals surface area contributed by atoms with Crippen molar-refractivity contribution in [2.75, 3.05) is 26.6 Å². The number of anilines is 1. The molecule has 216 valence electrons. The molecule has 40 heavy (non-hydrogen) atoms. The van der Waals surface area contributed by atoms with Gasteiger partial charge in [0.15, 0.2) is 11.8 Å². The van der Waals surface area contributed by atoms with E-state index >= 15 is 0 Å². The minimum absolute atomic E-state index is 0.134. The summed E-state index contributed by atoms with van der Waals surface area (Å²) in [7, 11) is 2.95. The number of nitrogens with zero attached hydrogens (tertiary/aromatic N) is 2. The zero-order valence-corrected chi connectivity index (χ0v) is 22.8. The molecule has 1 saturated heterocycles. The molecule has 2 heterocycles. The molecular weight excluding hydrogens is 575 g/mol. The molecule has 16 heteroatoms. The largest absolute Gasteiger partial charge is 0.497 e. The van der Waals surface area contributed by atoms with Crippen molar-refractivity contribution >= 4 is 24.3 Å². The number of benzene rings is 2. The number of halogens is 2. The molecule has 1 aliphatic rings. The molecule has 1 aliphatic heterocycles. The van der Waals surface area contributed by atoms with E-state index in [1.165, 1.54) is 44.6 Å². The van der Waals surface area contributed by atoms with Gasteiger partial charge in [0.2, 0.25) is 0 Å². The summed E-state index contributed by atoms with van der Waals surface area (Å²) in [5.74, 6) is 1.25. The van der Waals surface area contributed by atoms with Gasteiger partial charge in [-0.1, -0.05) is 0 Å². The van der Waals surface area contributed by atoms with Gasteiger partial charge in [-0.25, -0.2) is 13.6 Å². The molecule has 4 atom stereocenters. The highest BCUT2D eigenvalue weighted by atomic mass is 32.5. The number of nitrogen functional groups attached to an aromatic ring is 1. The maximum atomic E-state index is 14.5. The topological polar surface area (TPSA) is 157 Å². The van der Waals surface area contributed by atoms with E-state index in [1.54, 1.807) is 24.3 Å². The Hall–Kier alpha value is -3.33. The van der Waals surface area contributed by atoms with Crippen LogP contribution in [-0.2, 0) is 21.1 Å². The number of hydrogen-bond acceptors (Lipinski definition) is 12. The first-order valence-electron chi connectivity index (χ1n) is 11.6. The van der Waals surface area contributed by atoms with E-state index in [-0.39, 0.29) is 17.3 Å². The van der Waals surface area contributed by atoms with Crippen molar-refractivity contribution in [3.8, 4) is 23.0 Å². The van der Waals surface area contributed by atoms with Crippen LogP contribution in [0.5, 0.6) is 23.0 Å². The molecule has 0 bridgehead atoms. The van der Waals surface area contributed by atoms with E-state index < -0.39 is 49.5 Å². The fraction of sp³-hybridized carbons (Fsp3) is 0.333. The zero-order valence-electron chi connectivity index (χ0n) is 21.1. The quantitative estimate of drug-likeness (QED) is 0.277. The van der Waals surface area contributed by atoms with Gasteiger partial charge in [0, 0.05) is 18.0 Å². The summed E-state index contributed by atoms with van der Waals surface area (Å²) in [5.41, 5.74) is 1.66. The average molecular weight is 602 g/mol. The zero-order chi connectivity index (χ0) is 29.1. The van der Waals surface area contributed by atoms with Crippen LogP contribution in [0.3, 0.4) is 0 Å². The van der Waals surface area contributed by atoms with E-state index in [0.29, 0.717) is 11.5 Å². The van der Waals surface area contributed by atoms with Crippen LogP contribution in [0.2, 0.25) is 0 Å². The van der Waals surface area contributed by atoms with Crippen LogP contribution in [0.4, 0.5) is 14.6 Å². The van der Waals surface area contributed by atoms with Crippen LogP contribution in [-0.4, -0.2) is 64.8 Å². The lowest BCUT2D eigenvalue weighted by Gasteiger charge is -2.33. The summed E-state index contributed by atoms with van der Waals surface area (Å²) in [4.78, 5) is 15.8. The van der Waals surface area contributed by atoms with Crippen molar-refractivity contribution in [3.63, 3.8) is 0 Å². The summed E-state index contributed by atoms with van der Waals surface area (Å²) in [6.07, 6.45) is -8.24. The number of alkyl halides is 2. The Kier molecular flexibility index (Phi) is 8.93. The van der Waals surface area contributed by atoms with Gasteiger partial charge in [-0.15, -0.1) is 0 Å². The fourth-order valence-corrected chi connectivity index (χ4v) is 5.73. The minimum Gasteiger partial charge on any atom is -0.497 e. The Balaban J connectivity index is 1.64. The Morgan fingerprint density at radius 2 is 1.52 bits per heavy atom. The number of aliphatic hydroxyl groups is 2. The fourth-order valence-electron chi connectivity index (χ4n) is 3.80. The second kappa shape index (κ2) is 12.0. The van der Waals surface area contributed by atoms with E-state index in [2.05, 4.69) is 4.98 Å². The summed E-state index contributed by atoms with van der Waals surface area (Å²) in [6.45, 7) is -5.03. The average Bonchev–Trinajstić information content (AvgIpc) is 3.19. The van der Waals surface area contributed by atoms with Crippen molar-refractivity contribution in [2.45, 2.75) is 30.5 Å². The van der Waals surface area contributed by atoms with Gasteiger partial charge in [-0.3, -0.25) is 9.09 Å². The van der Waals surface area contributed by atoms with Gasteiger partial charge in [0.1, 0.15) is 41.0 Å². The number of rotatable bonds is 11. The molecular formula is C24H26F2N3O9PS. The first kappa shape index (κ1) is 29.6. The molecule has 3 aromatic rings. The Bertz CT molecular complexity index is 1360. The molecule has 0 aliphatic carbocycles. The molecule has 12 nitrogen and oxygen atoms in total. The second-order valence-electron chi connectivity index (χ2n) is 8.50. The number of methoxy groups -OCH3 is 2. The standard InChI is InChI=1S/C24H26F2N3O9PS/c1-33-14-3-7-16(8-4-14)37-39(40,38-17-9-5-15(34-2)6-10-17)35-13-24(22(25)26)20(31)19(30)21(36-24)29-12-11-18(27)28-23(29)32/h3-12,19-22,30-31H,13H2,1-2H3,(H2,27,28,32)/t19-,20-,21+,24+/m0/s1. The molecule has 4 N–H and O–H groups in total. The smallest absolute Gasteiger partial charge is 0.435 e. The molecule has 0 saturated carbocycles. The highest BCUT2D eigenvalue weighted by Gasteiger charge is 2.61. The van der Waals surface area contributed by atoms with Crippen LogP contribution in [0.25, 0.3) is 0 Å². The lowest BCUT2D eigenvalue weighted by molar-refractivity contribution is -0.192. The van der Waals surface area contributed by atoms with Crippen LogP contribution in [0, 0.1) is 0 Å². The minimum atomic E-state index is -3.95. The third kappa shape index (κ3) is 6.19. The molecule has 1 aromatic heterocycles. The first-order valence-corrected chi connectivity index (χ1v) is 14.1. The Labute approximate surface area is 232 Å². The molecule has 2 aromatic carbocycles. The van der Waals surface area contributed by atoms with Gasteiger partial charge in [-0.2, -0.15) is 4.98 Å².